The van der Waals surface area contributed by atoms with Gasteiger partial charge >= 0.3 is 5.97 Å². The first kappa shape index (κ1) is 13.7. The monoisotopic (exact) mass is 282 g/mol. The first-order valence-electron chi connectivity index (χ1n) is 5.69. The third kappa shape index (κ3) is 2.52. The number of rotatable bonds is 3. The van der Waals surface area contributed by atoms with Crippen LogP contribution in [0.4, 0.5) is 0 Å². The van der Waals surface area contributed by atoms with Gasteiger partial charge in [-0.1, -0.05) is 18.2 Å². The van der Waals surface area contributed by atoms with E-state index in [1.165, 1.54) is 22.7 Å². The van der Waals surface area contributed by atoms with E-state index in [1.54, 1.807) is 18.2 Å². The van der Waals surface area contributed by atoms with Crippen molar-refractivity contribution in [3.63, 3.8) is 0 Å². The number of para-hydroxylation sites is 1. The van der Waals surface area contributed by atoms with Gasteiger partial charge in [-0.05, 0) is 6.07 Å². The first-order valence-corrected chi connectivity index (χ1v) is 6.74. The van der Waals surface area contributed by atoms with Gasteiger partial charge in [0, 0.05) is 11.3 Å². The third-order valence-electron chi connectivity index (χ3n) is 2.95. The Morgan fingerprint density at radius 3 is 2.68 bits per heavy atom. The molecule has 0 bridgehead atoms. The summed E-state index contributed by atoms with van der Waals surface area (Å²) < 4.78 is 0. The van der Waals surface area contributed by atoms with Gasteiger partial charge in [-0.15, -0.1) is 11.8 Å². The molecule has 1 saturated heterocycles. The number of carbonyl (C=O) groups is 2. The molecule has 2 rings (SSSR count). The summed E-state index contributed by atoms with van der Waals surface area (Å²) in [6.07, 6.45) is 0. The molecule has 4 N–H and O–H groups in total. The SMILES string of the molecule is NCC(=O)N1C(C(=O)O)CSC1c1ccccc1O. The van der Waals surface area contributed by atoms with Crippen LogP contribution in [0, 0.1) is 0 Å². The van der Waals surface area contributed by atoms with Crippen LogP contribution in [0.5, 0.6) is 5.75 Å². The van der Waals surface area contributed by atoms with Crippen LogP contribution >= 0.6 is 11.8 Å². The number of phenols is 1. The molecule has 6 nitrogen and oxygen atoms in total. The van der Waals surface area contributed by atoms with Gasteiger partial charge in [-0.25, -0.2) is 4.79 Å². The molecule has 7 heteroatoms. The van der Waals surface area contributed by atoms with Gasteiger partial charge in [-0.3, -0.25) is 4.79 Å². The molecule has 2 unspecified atom stereocenters. The van der Waals surface area contributed by atoms with E-state index in [-0.39, 0.29) is 18.0 Å². The number of phenolic OH excluding ortho intramolecular Hbond substituents is 1. The quantitative estimate of drug-likeness (QED) is 0.740. The second-order valence-corrected chi connectivity index (χ2v) is 5.22. The van der Waals surface area contributed by atoms with Crippen molar-refractivity contribution in [1.82, 2.24) is 4.90 Å². The molecule has 0 spiro atoms. The maximum absolute atomic E-state index is 11.9. The highest BCUT2D eigenvalue weighted by atomic mass is 32.2. The fourth-order valence-corrected chi connectivity index (χ4v) is 3.51. The summed E-state index contributed by atoms with van der Waals surface area (Å²) in [5.41, 5.74) is 5.86. The number of nitrogens with zero attached hydrogens (tertiary/aromatic N) is 1. The van der Waals surface area contributed by atoms with Crippen molar-refractivity contribution in [2.24, 2.45) is 5.73 Å². The number of amides is 1. The zero-order valence-corrected chi connectivity index (χ0v) is 10.8. The van der Waals surface area contributed by atoms with Crippen LogP contribution < -0.4 is 5.73 Å². The summed E-state index contributed by atoms with van der Waals surface area (Å²) in [5.74, 6) is -1.18. The Morgan fingerprint density at radius 1 is 1.42 bits per heavy atom. The lowest BCUT2D eigenvalue weighted by molar-refractivity contribution is -0.148. The Kier molecular flexibility index (Phi) is 3.96. The van der Waals surface area contributed by atoms with E-state index in [9.17, 15) is 14.7 Å². The van der Waals surface area contributed by atoms with E-state index < -0.39 is 23.3 Å². The predicted octanol–water partition coefficient (Wildman–Crippen LogP) is 0.378. The van der Waals surface area contributed by atoms with Gasteiger partial charge in [0.2, 0.25) is 5.91 Å². The number of carboxylic acid groups (broad SMARTS) is 1. The summed E-state index contributed by atoms with van der Waals surface area (Å²) in [4.78, 5) is 24.3. The van der Waals surface area contributed by atoms with Crippen molar-refractivity contribution in [3.05, 3.63) is 29.8 Å². The number of carbonyl (C=O) groups excluding carboxylic acids is 1. The van der Waals surface area contributed by atoms with Crippen LogP contribution in [-0.4, -0.2) is 45.3 Å². The average Bonchev–Trinajstić information content (AvgIpc) is 2.83. The third-order valence-corrected chi connectivity index (χ3v) is 4.26. The number of hydrogen-bond donors (Lipinski definition) is 3. The smallest absolute Gasteiger partial charge is 0.327 e. The molecule has 1 aromatic rings. The van der Waals surface area contributed by atoms with E-state index in [4.69, 9.17) is 10.8 Å². The molecule has 102 valence electrons. The number of benzene rings is 1. The maximum Gasteiger partial charge on any atom is 0.327 e. The number of carboxylic acids is 1. The van der Waals surface area contributed by atoms with Gasteiger partial charge < -0.3 is 20.8 Å². The Labute approximate surface area is 114 Å². The van der Waals surface area contributed by atoms with Crippen molar-refractivity contribution in [2.75, 3.05) is 12.3 Å². The second kappa shape index (κ2) is 5.50. The molecule has 0 radical (unpaired) electrons. The molecule has 1 aromatic carbocycles. The lowest BCUT2D eigenvalue weighted by Crippen LogP contribution is -2.45. The minimum absolute atomic E-state index is 0.0425. The highest BCUT2D eigenvalue weighted by Crippen LogP contribution is 2.44. The molecule has 0 aromatic heterocycles. The Bertz CT molecular complexity index is 508. The summed E-state index contributed by atoms with van der Waals surface area (Å²) in [7, 11) is 0. The molecule has 0 aliphatic carbocycles. The molecule has 1 fully saturated rings. The van der Waals surface area contributed by atoms with Crippen LogP contribution in [0.15, 0.2) is 24.3 Å². The van der Waals surface area contributed by atoms with Gasteiger partial charge in [0.25, 0.3) is 0 Å². The van der Waals surface area contributed by atoms with Crippen LogP contribution in [0.2, 0.25) is 0 Å². The molecule has 0 saturated carbocycles. The fourth-order valence-electron chi connectivity index (χ4n) is 2.04. The number of aliphatic carboxylic acids is 1. The number of aromatic hydroxyl groups is 1. The highest BCUT2D eigenvalue weighted by Gasteiger charge is 2.42. The van der Waals surface area contributed by atoms with Crippen LogP contribution in [0.25, 0.3) is 0 Å². The van der Waals surface area contributed by atoms with E-state index >= 15 is 0 Å². The van der Waals surface area contributed by atoms with Gasteiger partial charge in [0.05, 0.1) is 6.54 Å². The Hall–Kier alpha value is -1.73. The van der Waals surface area contributed by atoms with Gasteiger partial charge in [-0.2, -0.15) is 0 Å². The number of nitrogens with two attached hydrogens (primary N) is 1. The molecular formula is C12H14N2O4S. The summed E-state index contributed by atoms with van der Waals surface area (Å²) in [5, 5.41) is 18.5. The maximum atomic E-state index is 11.9. The van der Waals surface area contributed by atoms with Crippen molar-refractivity contribution < 1.29 is 19.8 Å². The van der Waals surface area contributed by atoms with Crippen molar-refractivity contribution in [3.8, 4) is 5.75 Å². The Balaban J connectivity index is 2.37. The molecule has 19 heavy (non-hydrogen) atoms. The van der Waals surface area contributed by atoms with E-state index in [2.05, 4.69) is 0 Å². The van der Waals surface area contributed by atoms with E-state index in [0.29, 0.717) is 5.56 Å². The largest absolute Gasteiger partial charge is 0.508 e. The second-order valence-electron chi connectivity index (χ2n) is 4.10. The van der Waals surface area contributed by atoms with Crippen LogP contribution in [0.1, 0.15) is 10.9 Å². The van der Waals surface area contributed by atoms with Crippen molar-refractivity contribution in [2.45, 2.75) is 11.4 Å². The predicted molar refractivity (Wildman–Crippen MR) is 70.6 cm³/mol. The van der Waals surface area contributed by atoms with Crippen LogP contribution in [0.3, 0.4) is 0 Å². The molecule has 1 aliphatic heterocycles. The lowest BCUT2D eigenvalue weighted by atomic mass is 10.1. The zero-order chi connectivity index (χ0) is 14.0. The first-order chi connectivity index (χ1) is 9.06. The normalized spacial score (nSPS) is 22.5. The van der Waals surface area contributed by atoms with E-state index in [0.717, 1.165) is 0 Å². The van der Waals surface area contributed by atoms with E-state index in [1.807, 2.05) is 0 Å². The van der Waals surface area contributed by atoms with Gasteiger partial charge in [0.1, 0.15) is 17.2 Å². The molecule has 1 amide bonds. The summed E-state index contributed by atoms with van der Waals surface area (Å²) in [6.45, 7) is -0.256. The zero-order valence-electron chi connectivity index (χ0n) is 10.0. The minimum atomic E-state index is -1.06. The van der Waals surface area contributed by atoms with Crippen molar-refractivity contribution in [1.29, 1.82) is 0 Å². The average molecular weight is 282 g/mol. The Morgan fingerprint density at radius 2 is 2.11 bits per heavy atom. The standard InChI is InChI=1S/C12H14N2O4S/c13-5-10(16)14-8(12(17)18)6-19-11(14)7-3-1-2-4-9(7)15/h1-4,8,11,15H,5-6,13H2,(H,17,18). The lowest BCUT2D eigenvalue weighted by Gasteiger charge is -2.27. The van der Waals surface area contributed by atoms with Crippen molar-refractivity contribution >= 4 is 23.6 Å². The van der Waals surface area contributed by atoms with Gasteiger partial charge in [0.15, 0.2) is 0 Å². The summed E-state index contributed by atoms with van der Waals surface area (Å²) >= 11 is 1.31. The highest BCUT2D eigenvalue weighted by molar-refractivity contribution is 7.99. The minimum Gasteiger partial charge on any atom is -0.508 e. The summed E-state index contributed by atoms with van der Waals surface area (Å²) in [6, 6.07) is 5.67. The topological polar surface area (TPSA) is 104 Å². The number of thioether (sulfide) groups is 1. The number of hydrogen-bond acceptors (Lipinski definition) is 5. The van der Waals surface area contributed by atoms with Crippen LogP contribution in [-0.2, 0) is 9.59 Å². The molecule has 1 heterocycles. The molecular weight excluding hydrogens is 268 g/mol. The molecule has 2 atom stereocenters. The fraction of sp³-hybridized carbons (Fsp3) is 0.333. The molecule has 1 aliphatic rings.